The molecule has 2 aromatic carbocycles. The smallest absolute Gasteiger partial charge is 0.435 e. The average Bonchev–Trinajstić information content (AvgIpc) is 3.18. The molecule has 1 aromatic heterocycles. The average molecular weight is 469 g/mol. The lowest BCUT2D eigenvalue weighted by molar-refractivity contribution is -0.275. The van der Waals surface area contributed by atoms with E-state index in [0.717, 1.165) is 12.1 Å². The molecule has 0 aliphatic carbocycles. The number of esters is 1. The number of aromatic nitrogens is 1. The van der Waals surface area contributed by atoms with Crippen molar-refractivity contribution in [3.8, 4) is 0 Å². The molecule has 0 amide bonds. The molecule has 0 saturated carbocycles. The Morgan fingerprint density at radius 1 is 1.16 bits per heavy atom. The van der Waals surface area contributed by atoms with Gasteiger partial charge in [-0.2, -0.15) is 13.2 Å². The molecule has 0 N–H and O–H groups in total. The SMILES string of the molecule is COC(=O)c1cccc2c(C3=NOC(c4cc(Cl)cc(Cl)c4)(C(F)(F)F)C3)ccnc12. The number of carbonyl (C=O) groups is 1. The van der Waals surface area contributed by atoms with Crippen molar-refractivity contribution in [2.45, 2.75) is 18.2 Å². The lowest BCUT2D eigenvalue weighted by atomic mass is 9.86. The number of oxime groups is 1. The fourth-order valence-corrected chi connectivity index (χ4v) is 4.06. The second-order valence-electron chi connectivity index (χ2n) is 6.84. The van der Waals surface area contributed by atoms with Crippen molar-refractivity contribution in [1.82, 2.24) is 4.98 Å². The summed E-state index contributed by atoms with van der Waals surface area (Å²) in [7, 11) is 1.23. The van der Waals surface area contributed by atoms with Crippen LogP contribution in [0.1, 0.15) is 27.9 Å². The largest absolute Gasteiger partial charge is 0.465 e. The molecule has 10 heteroatoms. The predicted octanol–water partition coefficient (Wildman–Crippen LogP) is 5.91. The van der Waals surface area contributed by atoms with Crippen LogP contribution in [-0.4, -0.2) is 30.0 Å². The maximum absolute atomic E-state index is 14.2. The zero-order valence-electron chi connectivity index (χ0n) is 15.8. The molecule has 3 aromatic rings. The standard InChI is InChI=1S/C21H13Cl2F3N2O3/c1-30-19(29)16-4-2-3-15-14(5-6-27-18(15)16)17-10-20(31-28-17,21(24,25)26)11-7-12(22)9-13(23)8-11/h2-9H,10H2,1H3. The second kappa shape index (κ2) is 7.69. The zero-order valence-corrected chi connectivity index (χ0v) is 17.3. The lowest BCUT2D eigenvalue weighted by Gasteiger charge is -2.29. The maximum Gasteiger partial charge on any atom is 0.435 e. The number of hydrogen-bond acceptors (Lipinski definition) is 5. The van der Waals surface area contributed by atoms with E-state index in [9.17, 15) is 18.0 Å². The molecule has 1 unspecified atom stereocenters. The first kappa shape index (κ1) is 21.4. The molecule has 31 heavy (non-hydrogen) atoms. The summed E-state index contributed by atoms with van der Waals surface area (Å²) in [5, 5.41) is 4.30. The van der Waals surface area contributed by atoms with Gasteiger partial charge >= 0.3 is 12.1 Å². The van der Waals surface area contributed by atoms with E-state index in [1.165, 1.54) is 31.5 Å². The van der Waals surface area contributed by atoms with E-state index in [2.05, 4.69) is 10.1 Å². The van der Waals surface area contributed by atoms with E-state index >= 15 is 0 Å². The van der Waals surface area contributed by atoms with Crippen LogP contribution in [0.3, 0.4) is 0 Å². The molecule has 1 aliphatic rings. The van der Waals surface area contributed by atoms with E-state index in [1.54, 1.807) is 12.1 Å². The Balaban J connectivity index is 1.83. The van der Waals surface area contributed by atoms with Gasteiger partial charge in [-0.15, -0.1) is 0 Å². The number of fused-ring (bicyclic) bond motifs is 1. The van der Waals surface area contributed by atoms with Gasteiger partial charge in [-0.05, 0) is 30.3 Å². The second-order valence-corrected chi connectivity index (χ2v) is 7.71. The van der Waals surface area contributed by atoms with E-state index < -0.39 is 24.2 Å². The number of para-hydroxylation sites is 1. The van der Waals surface area contributed by atoms with Gasteiger partial charge in [0.25, 0.3) is 5.60 Å². The van der Waals surface area contributed by atoms with Crippen LogP contribution in [0.5, 0.6) is 0 Å². The summed E-state index contributed by atoms with van der Waals surface area (Å²) >= 11 is 11.9. The zero-order chi connectivity index (χ0) is 22.4. The van der Waals surface area contributed by atoms with Crippen molar-refractivity contribution >= 4 is 45.8 Å². The van der Waals surface area contributed by atoms with Crippen LogP contribution in [0.2, 0.25) is 10.0 Å². The van der Waals surface area contributed by atoms with Gasteiger partial charge in [0.15, 0.2) is 0 Å². The van der Waals surface area contributed by atoms with Crippen molar-refractivity contribution in [3.63, 3.8) is 0 Å². The summed E-state index contributed by atoms with van der Waals surface area (Å²) < 4.78 is 47.4. The van der Waals surface area contributed by atoms with Crippen LogP contribution >= 0.6 is 23.2 Å². The quantitative estimate of drug-likeness (QED) is 0.448. The normalized spacial score (nSPS) is 18.6. The summed E-state index contributed by atoms with van der Waals surface area (Å²) in [6, 6.07) is 9.89. The van der Waals surface area contributed by atoms with Gasteiger partial charge in [0, 0.05) is 39.2 Å². The number of methoxy groups -OCH3 is 1. The lowest BCUT2D eigenvalue weighted by Crippen LogP contribution is -2.42. The number of rotatable bonds is 3. The minimum atomic E-state index is -4.81. The highest BCUT2D eigenvalue weighted by Gasteiger charge is 2.62. The number of benzene rings is 2. The molecule has 0 fully saturated rings. The van der Waals surface area contributed by atoms with Gasteiger partial charge in [0.2, 0.25) is 0 Å². The number of nitrogens with zero attached hydrogens (tertiary/aromatic N) is 2. The topological polar surface area (TPSA) is 60.8 Å². The number of pyridine rings is 1. The van der Waals surface area contributed by atoms with Gasteiger partial charge in [-0.3, -0.25) is 4.98 Å². The van der Waals surface area contributed by atoms with Gasteiger partial charge < -0.3 is 9.57 Å². The third-order valence-electron chi connectivity index (χ3n) is 5.00. The van der Waals surface area contributed by atoms with Crippen molar-refractivity contribution in [2.75, 3.05) is 7.11 Å². The fourth-order valence-electron chi connectivity index (χ4n) is 3.54. The van der Waals surface area contributed by atoms with Gasteiger partial charge in [-0.1, -0.05) is 40.5 Å². The number of alkyl halides is 3. The van der Waals surface area contributed by atoms with Crippen LogP contribution in [0.15, 0.2) is 53.8 Å². The number of hydrogen-bond donors (Lipinski definition) is 0. The first-order valence-electron chi connectivity index (χ1n) is 8.91. The Kier molecular flexibility index (Phi) is 5.31. The molecule has 0 radical (unpaired) electrons. The highest BCUT2D eigenvalue weighted by atomic mass is 35.5. The van der Waals surface area contributed by atoms with E-state index in [-0.39, 0.29) is 32.4 Å². The summed E-state index contributed by atoms with van der Waals surface area (Å²) in [6.07, 6.45) is -4.04. The molecule has 1 aliphatic heterocycles. The molecular formula is C21H13Cl2F3N2O3. The van der Waals surface area contributed by atoms with Crippen LogP contribution < -0.4 is 0 Å². The number of carbonyl (C=O) groups excluding carboxylic acids is 1. The molecule has 4 rings (SSSR count). The Bertz CT molecular complexity index is 1210. The van der Waals surface area contributed by atoms with Gasteiger partial charge in [0.05, 0.1) is 23.9 Å². The van der Waals surface area contributed by atoms with Gasteiger partial charge in [0.1, 0.15) is 0 Å². The molecule has 1 atom stereocenters. The molecular weight excluding hydrogens is 456 g/mol. The summed E-state index contributed by atoms with van der Waals surface area (Å²) in [5.41, 5.74) is -2.15. The molecule has 160 valence electrons. The summed E-state index contributed by atoms with van der Waals surface area (Å²) in [6.45, 7) is 0. The molecule has 0 spiro atoms. The Morgan fingerprint density at radius 3 is 2.52 bits per heavy atom. The van der Waals surface area contributed by atoms with Crippen molar-refractivity contribution in [2.24, 2.45) is 5.16 Å². The molecule has 0 saturated heterocycles. The molecule has 2 heterocycles. The third kappa shape index (κ3) is 3.59. The Hall–Kier alpha value is -2.84. The van der Waals surface area contributed by atoms with Crippen molar-refractivity contribution in [3.05, 3.63) is 75.4 Å². The number of halogens is 5. The van der Waals surface area contributed by atoms with E-state index in [0.29, 0.717) is 10.9 Å². The molecule has 0 bridgehead atoms. The van der Waals surface area contributed by atoms with Crippen molar-refractivity contribution < 1.29 is 27.5 Å². The first-order valence-corrected chi connectivity index (χ1v) is 9.66. The fraction of sp³-hybridized carbons (Fsp3) is 0.190. The highest BCUT2D eigenvalue weighted by molar-refractivity contribution is 6.34. The monoisotopic (exact) mass is 468 g/mol. The van der Waals surface area contributed by atoms with E-state index in [1.807, 2.05) is 0 Å². The first-order chi connectivity index (χ1) is 14.7. The van der Waals surface area contributed by atoms with Crippen LogP contribution in [0.25, 0.3) is 10.9 Å². The maximum atomic E-state index is 14.2. The minimum absolute atomic E-state index is 0.0419. The van der Waals surface area contributed by atoms with Crippen molar-refractivity contribution in [1.29, 1.82) is 0 Å². The third-order valence-corrected chi connectivity index (χ3v) is 5.44. The summed E-state index contributed by atoms with van der Waals surface area (Å²) in [4.78, 5) is 21.3. The highest BCUT2D eigenvalue weighted by Crippen LogP contribution is 2.50. The molecule has 5 nitrogen and oxygen atoms in total. The Morgan fingerprint density at radius 2 is 1.87 bits per heavy atom. The van der Waals surface area contributed by atoms with Crippen LogP contribution in [0, 0.1) is 0 Å². The summed E-state index contributed by atoms with van der Waals surface area (Å²) in [5.74, 6) is -0.613. The minimum Gasteiger partial charge on any atom is -0.465 e. The van der Waals surface area contributed by atoms with Crippen LogP contribution in [-0.2, 0) is 15.2 Å². The number of ether oxygens (including phenoxy) is 1. The van der Waals surface area contributed by atoms with Gasteiger partial charge in [-0.25, -0.2) is 4.79 Å². The predicted molar refractivity (Wildman–Crippen MR) is 110 cm³/mol. The van der Waals surface area contributed by atoms with E-state index in [4.69, 9.17) is 32.8 Å². The Labute approximate surface area is 184 Å². The van der Waals surface area contributed by atoms with Crippen LogP contribution in [0.4, 0.5) is 13.2 Å².